The number of phenols is 2. The summed E-state index contributed by atoms with van der Waals surface area (Å²) >= 11 is 0. The van der Waals surface area contributed by atoms with E-state index in [2.05, 4.69) is 0 Å². The summed E-state index contributed by atoms with van der Waals surface area (Å²) in [4.78, 5) is 0.0566. The number of aromatic hydroxyl groups is 2. The lowest BCUT2D eigenvalue weighted by Gasteiger charge is -2.28. The first-order valence-corrected chi connectivity index (χ1v) is 10.4. The lowest BCUT2D eigenvalue weighted by molar-refractivity contribution is 0.459. The average Bonchev–Trinajstić information content (AvgIpc) is 2.61. The maximum absolute atomic E-state index is 13.2. The van der Waals surface area contributed by atoms with Crippen molar-refractivity contribution < 1.29 is 18.6 Å². The molecule has 0 saturated heterocycles. The molecule has 0 saturated carbocycles. The summed E-state index contributed by atoms with van der Waals surface area (Å²) in [7, 11) is -3.90. The highest BCUT2D eigenvalue weighted by Crippen LogP contribution is 2.36. The fourth-order valence-electron chi connectivity index (χ4n) is 2.81. The van der Waals surface area contributed by atoms with Crippen LogP contribution in [-0.4, -0.2) is 31.7 Å². The third kappa shape index (κ3) is 4.93. The van der Waals surface area contributed by atoms with E-state index in [1.807, 2.05) is 20.8 Å². The molecule has 0 spiro atoms. The van der Waals surface area contributed by atoms with Crippen molar-refractivity contribution in [3.63, 3.8) is 0 Å². The molecule has 2 aromatic carbocycles. The molecule has 0 aliphatic rings. The van der Waals surface area contributed by atoms with Gasteiger partial charge in [-0.05, 0) is 60.7 Å². The molecule has 0 fully saturated rings. The first kappa shape index (κ1) is 21.1. The lowest BCUT2D eigenvalue weighted by atomic mass is 10.00. The standard InChI is InChI=1S/C20H28N2O4S/c1-14(2)13-22(27(25,26)18-9-7-17(23)8-10-18)19-6-4-5-16(20(19)24)11-15(3)12-21/h4-10,14-15,23-24H,11-13,21H2,1-3H3/t15-/m1/s1. The van der Waals surface area contributed by atoms with E-state index in [0.29, 0.717) is 18.5 Å². The minimum absolute atomic E-state index is 0.00928. The van der Waals surface area contributed by atoms with Gasteiger partial charge >= 0.3 is 0 Å². The molecule has 0 unspecified atom stereocenters. The number of nitrogens with two attached hydrogens (primary N) is 1. The fourth-order valence-corrected chi connectivity index (χ4v) is 4.44. The second-order valence-electron chi connectivity index (χ2n) is 7.25. The molecule has 0 aromatic heterocycles. The van der Waals surface area contributed by atoms with E-state index in [4.69, 9.17) is 5.73 Å². The molecule has 0 heterocycles. The molecule has 2 rings (SSSR count). The Morgan fingerprint density at radius 2 is 1.67 bits per heavy atom. The van der Waals surface area contributed by atoms with E-state index >= 15 is 0 Å². The lowest BCUT2D eigenvalue weighted by Crippen LogP contribution is -2.34. The smallest absolute Gasteiger partial charge is 0.264 e. The molecule has 27 heavy (non-hydrogen) atoms. The maximum Gasteiger partial charge on any atom is 0.264 e. The van der Waals surface area contributed by atoms with Gasteiger partial charge in [0.1, 0.15) is 11.5 Å². The molecule has 0 aliphatic carbocycles. The number of sulfonamides is 1. The first-order chi connectivity index (χ1) is 12.7. The number of hydrogen-bond acceptors (Lipinski definition) is 5. The molecule has 7 heteroatoms. The Kier molecular flexibility index (Phi) is 6.73. The number of phenolic OH excluding ortho intramolecular Hbond substituents is 2. The second kappa shape index (κ2) is 8.63. The van der Waals surface area contributed by atoms with Gasteiger partial charge in [-0.2, -0.15) is 0 Å². The number of nitrogens with zero attached hydrogens (tertiary/aromatic N) is 1. The first-order valence-electron chi connectivity index (χ1n) is 8.99. The van der Waals surface area contributed by atoms with Gasteiger partial charge in [0.05, 0.1) is 10.6 Å². The van der Waals surface area contributed by atoms with E-state index in [1.54, 1.807) is 18.2 Å². The largest absolute Gasteiger partial charge is 0.508 e. The molecular weight excluding hydrogens is 364 g/mol. The highest BCUT2D eigenvalue weighted by atomic mass is 32.2. The van der Waals surface area contributed by atoms with Crippen LogP contribution in [0.4, 0.5) is 5.69 Å². The zero-order valence-electron chi connectivity index (χ0n) is 16.0. The fraction of sp³-hybridized carbons (Fsp3) is 0.400. The van der Waals surface area contributed by atoms with Crippen LogP contribution in [0.2, 0.25) is 0 Å². The van der Waals surface area contributed by atoms with Crippen LogP contribution in [0.15, 0.2) is 47.4 Å². The quantitative estimate of drug-likeness (QED) is 0.640. The third-order valence-electron chi connectivity index (χ3n) is 4.29. The summed E-state index contributed by atoms with van der Waals surface area (Å²) in [5.41, 5.74) is 6.60. The van der Waals surface area contributed by atoms with Crippen LogP contribution in [0.1, 0.15) is 26.3 Å². The summed E-state index contributed by atoms with van der Waals surface area (Å²) in [5.74, 6) is 0.159. The van der Waals surface area contributed by atoms with Crippen LogP contribution in [0, 0.1) is 11.8 Å². The molecule has 4 N–H and O–H groups in total. The van der Waals surface area contributed by atoms with Crippen LogP contribution in [0.3, 0.4) is 0 Å². The van der Waals surface area contributed by atoms with Gasteiger partial charge in [0.15, 0.2) is 0 Å². The summed E-state index contributed by atoms with van der Waals surface area (Å²) in [6, 6.07) is 10.5. The minimum atomic E-state index is -3.90. The number of para-hydroxylation sites is 1. The van der Waals surface area contributed by atoms with Gasteiger partial charge in [0.25, 0.3) is 10.0 Å². The topological polar surface area (TPSA) is 104 Å². The van der Waals surface area contributed by atoms with E-state index in [0.717, 1.165) is 0 Å². The highest BCUT2D eigenvalue weighted by Gasteiger charge is 2.28. The minimum Gasteiger partial charge on any atom is -0.508 e. The van der Waals surface area contributed by atoms with Gasteiger partial charge in [0, 0.05) is 6.54 Å². The van der Waals surface area contributed by atoms with Crippen molar-refractivity contribution in [1.82, 2.24) is 0 Å². The Morgan fingerprint density at radius 3 is 2.22 bits per heavy atom. The molecule has 148 valence electrons. The molecule has 0 radical (unpaired) electrons. The Labute approximate surface area is 161 Å². The van der Waals surface area contributed by atoms with Gasteiger partial charge < -0.3 is 15.9 Å². The Morgan fingerprint density at radius 1 is 1.04 bits per heavy atom. The van der Waals surface area contributed by atoms with Crippen LogP contribution < -0.4 is 10.0 Å². The van der Waals surface area contributed by atoms with Gasteiger partial charge in [-0.1, -0.05) is 32.9 Å². The average molecular weight is 393 g/mol. The van der Waals surface area contributed by atoms with Gasteiger partial charge in [0.2, 0.25) is 0 Å². The van der Waals surface area contributed by atoms with Crippen molar-refractivity contribution in [3.05, 3.63) is 48.0 Å². The van der Waals surface area contributed by atoms with Crippen molar-refractivity contribution >= 4 is 15.7 Å². The summed E-state index contributed by atoms with van der Waals surface area (Å²) in [6.07, 6.45) is 0.560. The number of rotatable bonds is 8. The normalized spacial score (nSPS) is 12.9. The van der Waals surface area contributed by atoms with Crippen molar-refractivity contribution in [3.8, 4) is 11.5 Å². The number of benzene rings is 2. The van der Waals surface area contributed by atoms with Crippen LogP contribution in [0.25, 0.3) is 0 Å². The Hall–Kier alpha value is -2.25. The van der Waals surface area contributed by atoms with Crippen molar-refractivity contribution in [2.45, 2.75) is 32.1 Å². The predicted molar refractivity (Wildman–Crippen MR) is 108 cm³/mol. The number of anilines is 1. The highest BCUT2D eigenvalue weighted by molar-refractivity contribution is 7.92. The summed E-state index contributed by atoms with van der Waals surface area (Å²) in [5, 5.41) is 20.2. The molecule has 0 bridgehead atoms. The second-order valence-corrected chi connectivity index (χ2v) is 9.12. The number of hydrogen-bond donors (Lipinski definition) is 3. The Balaban J connectivity index is 2.54. The van der Waals surface area contributed by atoms with Gasteiger partial charge in [-0.25, -0.2) is 8.42 Å². The molecule has 6 nitrogen and oxygen atoms in total. The summed E-state index contributed by atoms with van der Waals surface area (Å²) < 4.78 is 27.7. The SMILES string of the molecule is CC(C)CN(c1cccc(C[C@@H](C)CN)c1O)S(=O)(=O)c1ccc(O)cc1. The molecule has 1 atom stereocenters. The van der Waals surface area contributed by atoms with E-state index in [-0.39, 0.29) is 40.5 Å². The monoisotopic (exact) mass is 392 g/mol. The zero-order chi connectivity index (χ0) is 20.2. The van der Waals surface area contributed by atoms with E-state index in [1.165, 1.54) is 28.6 Å². The molecule has 0 aliphatic heterocycles. The Bertz CT molecular complexity index is 864. The van der Waals surface area contributed by atoms with E-state index in [9.17, 15) is 18.6 Å². The van der Waals surface area contributed by atoms with Crippen LogP contribution >= 0.6 is 0 Å². The molecule has 0 amide bonds. The van der Waals surface area contributed by atoms with Crippen LogP contribution in [0.5, 0.6) is 11.5 Å². The summed E-state index contributed by atoms with van der Waals surface area (Å²) in [6.45, 7) is 6.50. The predicted octanol–water partition coefficient (Wildman–Crippen LogP) is 3.09. The van der Waals surface area contributed by atoms with Crippen LogP contribution in [-0.2, 0) is 16.4 Å². The maximum atomic E-state index is 13.2. The van der Waals surface area contributed by atoms with Crippen molar-refractivity contribution in [2.24, 2.45) is 17.6 Å². The third-order valence-corrected chi connectivity index (χ3v) is 6.09. The van der Waals surface area contributed by atoms with E-state index < -0.39 is 10.0 Å². The van der Waals surface area contributed by atoms with Crippen molar-refractivity contribution in [1.29, 1.82) is 0 Å². The van der Waals surface area contributed by atoms with Gasteiger partial charge in [-0.15, -0.1) is 0 Å². The van der Waals surface area contributed by atoms with Gasteiger partial charge in [-0.3, -0.25) is 4.31 Å². The zero-order valence-corrected chi connectivity index (χ0v) is 16.8. The molecular formula is C20H28N2O4S. The molecule has 2 aromatic rings. The van der Waals surface area contributed by atoms with Crippen molar-refractivity contribution in [2.75, 3.05) is 17.4 Å².